The fourth-order valence-electron chi connectivity index (χ4n) is 3.92. The number of likely N-dealkylation sites (tertiary alicyclic amines) is 1. The molecule has 0 aliphatic carbocycles. The van der Waals surface area contributed by atoms with E-state index >= 15 is 0 Å². The van der Waals surface area contributed by atoms with Gasteiger partial charge in [0.15, 0.2) is 0 Å². The summed E-state index contributed by atoms with van der Waals surface area (Å²) in [7, 11) is 0. The summed E-state index contributed by atoms with van der Waals surface area (Å²) in [5, 5.41) is 5.99. The van der Waals surface area contributed by atoms with Crippen molar-refractivity contribution in [2.24, 2.45) is 5.92 Å². The third kappa shape index (κ3) is 6.61. The Morgan fingerprint density at radius 3 is 2.38 bits per heavy atom. The van der Waals surface area contributed by atoms with Crippen LogP contribution < -0.4 is 15.4 Å². The first-order valence-electron chi connectivity index (χ1n) is 11.8. The Morgan fingerprint density at radius 1 is 0.912 bits per heavy atom. The second kappa shape index (κ2) is 11.4. The van der Waals surface area contributed by atoms with Gasteiger partial charge in [0.25, 0.3) is 5.91 Å². The average Bonchev–Trinajstić information content (AvgIpc) is 2.88. The van der Waals surface area contributed by atoms with Gasteiger partial charge in [-0.25, -0.2) is 0 Å². The molecule has 0 atom stereocenters. The Balaban J connectivity index is 1.24. The number of ether oxygens (including phenoxy) is 1. The lowest BCUT2D eigenvalue weighted by molar-refractivity contribution is -0.114. The molecule has 1 aliphatic heterocycles. The minimum Gasteiger partial charge on any atom is -0.489 e. The molecule has 6 heteroatoms. The quantitative estimate of drug-likeness (QED) is 0.488. The first-order chi connectivity index (χ1) is 16.6. The lowest BCUT2D eigenvalue weighted by Crippen LogP contribution is -2.37. The molecule has 34 heavy (non-hydrogen) atoms. The van der Waals surface area contributed by atoms with Crippen LogP contribution in [0.1, 0.15) is 35.7 Å². The Morgan fingerprint density at radius 2 is 1.65 bits per heavy atom. The van der Waals surface area contributed by atoms with Crippen molar-refractivity contribution in [3.05, 3.63) is 90.0 Å². The normalized spacial score (nSPS) is 13.9. The predicted molar refractivity (Wildman–Crippen MR) is 135 cm³/mol. The summed E-state index contributed by atoms with van der Waals surface area (Å²) in [6.45, 7) is 4.43. The zero-order valence-electron chi connectivity index (χ0n) is 19.5. The molecule has 2 amide bonds. The van der Waals surface area contributed by atoms with Gasteiger partial charge in [0, 0.05) is 30.0 Å². The molecular weight excluding hydrogens is 426 g/mol. The molecule has 2 N–H and O–H groups in total. The number of amides is 2. The topological polar surface area (TPSA) is 70.7 Å². The molecule has 1 heterocycles. The number of piperidine rings is 1. The van der Waals surface area contributed by atoms with E-state index < -0.39 is 0 Å². The van der Waals surface area contributed by atoms with Crippen LogP contribution in [0.25, 0.3) is 0 Å². The van der Waals surface area contributed by atoms with E-state index in [0.717, 1.165) is 42.9 Å². The number of anilines is 2. The Hall–Kier alpha value is -3.80. The van der Waals surface area contributed by atoms with Gasteiger partial charge in [-0.15, -0.1) is 0 Å². The van der Waals surface area contributed by atoms with Crippen LogP contribution in [0.3, 0.4) is 0 Å². The van der Waals surface area contributed by atoms with Crippen LogP contribution in [0.5, 0.6) is 5.75 Å². The number of carbonyl (C=O) groups is 2. The van der Waals surface area contributed by atoms with Crippen molar-refractivity contribution in [1.29, 1.82) is 0 Å². The van der Waals surface area contributed by atoms with Gasteiger partial charge in [0.05, 0.1) is 6.54 Å². The highest BCUT2D eigenvalue weighted by Gasteiger charge is 2.21. The highest BCUT2D eigenvalue weighted by Crippen LogP contribution is 2.20. The predicted octanol–water partition coefficient (Wildman–Crippen LogP) is 5.19. The van der Waals surface area contributed by atoms with Gasteiger partial charge >= 0.3 is 0 Å². The summed E-state index contributed by atoms with van der Waals surface area (Å²) in [6, 6.07) is 24.6. The minimum atomic E-state index is -0.167. The SMILES string of the molecule is CC1CCN(C(=O)c2cccc(NCC(=O)Nc3ccc(OCc4ccccc4)cc3)c2)CC1. The molecule has 1 aliphatic rings. The zero-order valence-corrected chi connectivity index (χ0v) is 19.5. The molecule has 176 valence electrons. The molecular formula is C28H31N3O3. The minimum absolute atomic E-state index is 0.0505. The van der Waals surface area contributed by atoms with Gasteiger partial charge in [-0.2, -0.15) is 0 Å². The van der Waals surface area contributed by atoms with Crippen LogP contribution in [-0.2, 0) is 11.4 Å². The van der Waals surface area contributed by atoms with Gasteiger partial charge in [-0.3, -0.25) is 9.59 Å². The van der Waals surface area contributed by atoms with Gasteiger partial charge < -0.3 is 20.3 Å². The van der Waals surface area contributed by atoms with E-state index in [4.69, 9.17) is 4.74 Å². The van der Waals surface area contributed by atoms with E-state index in [1.165, 1.54) is 0 Å². The maximum atomic E-state index is 12.8. The fraction of sp³-hybridized carbons (Fsp3) is 0.286. The zero-order chi connectivity index (χ0) is 23.8. The lowest BCUT2D eigenvalue weighted by Gasteiger charge is -2.30. The van der Waals surface area contributed by atoms with Gasteiger partial charge in [-0.1, -0.05) is 43.3 Å². The number of benzene rings is 3. The first kappa shape index (κ1) is 23.4. The summed E-state index contributed by atoms with van der Waals surface area (Å²) in [5.41, 5.74) is 3.19. The molecule has 1 fully saturated rings. The van der Waals surface area contributed by atoms with Crippen LogP contribution in [0.2, 0.25) is 0 Å². The van der Waals surface area contributed by atoms with Crippen molar-refractivity contribution < 1.29 is 14.3 Å². The highest BCUT2D eigenvalue weighted by molar-refractivity contribution is 5.96. The number of carbonyl (C=O) groups excluding carboxylic acids is 2. The van der Waals surface area contributed by atoms with Crippen LogP contribution in [0.15, 0.2) is 78.9 Å². The van der Waals surface area contributed by atoms with Crippen molar-refractivity contribution in [3.8, 4) is 5.75 Å². The van der Waals surface area contributed by atoms with Gasteiger partial charge in [-0.05, 0) is 66.8 Å². The third-order valence-electron chi connectivity index (χ3n) is 6.02. The molecule has 4 rings (SSSR count). The maximum absolute atomic E-state index is 12.8. The maximum Gasteiger partial charge on any atom is 0.253 e. The van der Waals surface area contributed by atoms with Crippen LogP contribution in [0.4, 0.5) is 11.4 Å². The van der Waals surface area contributed by atoms with E-state index in [2.05, 4.69) is 17.6 Å². The lowest BCUT2D eigenvalue weighted by atomic mass is 9.98. The van der Waals surface area contributed by atoms with E-state index in [1.54, 1.807) is 0 Å². The van der Waals surface area contributed by atoms with E-state index in [-0.39, 0.29) is 18.4 Å². The van der Waals surface area contributed by atoms with Crippen LogP contribution >= 0.6 is 0 Å². The molecule has 1 saturated heterocycles. The smallest absolute Gasteiger partial charge is 0.253 e. The molecule has 6 nitrogen and oxygen atoms in total. The number of rotatable bonds is 8. The average molecular weight is 458 g/mol. The summed E-state index contributed by atoms with van der Waals surface area (Å²) in [6.07, 6.45) is 2.09. The molecule has 0 aromatic heterocycles. The highest BCUT2D eigenvalue weighted by atomic mass is 16.5. The summed E-state index contributed by atoms with van der Waals surface area (Å²) >= 11 is 0. The molecule has 0 radical (unpaired) electrons. The molecule has 3 aromatic rings. The van der Waals surface area contributed by atoms with E-state index in [9.17, 15) is 9.59 Å². The molecule has 0 bridgehead atoms. The second-order valence-electron chi connectivity index (χ2n) is 8.76. The number of hydrogen-bond donors (Lipinski definition) is 2. The van der Waals surface area contributed by atoms with Crippen LogP contribution in [-0.4, -0.2) is 36.3 Å². The monoisotopic (exact) mass is 457 g/mol. The molecule has 0 saturated carbocycles. The van der Waals surface area contributed by atoms with E-state index in [1.807, 2.05) is 83.8 Å². The van der Waals surface area contributed by atoms with Crippen molar-refractivity contribution in [2.75, 3.05) is 30.3 Å². The number of nitrogens with zero attached hydrogens (tertiary/aromatic N) is 1. The summed E-state index contributed by atoms with van der Waals surface area (Å²) in [5.74, 6) is 1.30. The summed E-state index contributed by atoms with van der Waals surface area (Å²) < 4.78 is 5.78. The van der Waals surface area contributed by atoms with E-state index in [0.29, 0.717) is 23.8 Å². The van der Waals surface area contributed by atoms with Crippen molar-refractivity contribution in [3.63, 3.8) is 0 Å². The first-order valence-corrected chi connectivity index (χ1v) is 11.8. The largest absolute Gasteiger partial charge is 0.489 e. The molecule has 3 aromatic carbocycles. The Kier molecular flexibility index (Phi) is 7.81. The fourth-order valence-corrected chi connectivity index (χ4v) is 3.92. The summed E-state index contributed by atoms with van der Waals surface area (Å²) in [4.78, 5) is 27.1. The molecule has 0 spiro atoms. The molecule has 0 unspecified atom stereocenters. The van der Waals surface area contributed by atoms with Gasteiger partial charge in [0.1, 0.15) is 12.4 Å². The second-order valence-corrected chi connectivity index (χ2v) is 8.76. The Labute approximate surface area is 200 Å². The van der Waals surface area contributed by atoms with Crippen molar-refractivity contribution in [1.82, 2.24) is 4.90 Å². The van der Waals surface area contributed by atoms with Crippen LogP contribution in [0, 0.1) is 5.92 Å². The standard InChI is InChI=1S/C28H31N3O3/c1-21-14-16-31(17-15-21)28(33)23-8-5-9-25(18-23)29-19-27(32)30-24-10-12-26(13-11-24)34-20-22-6-3-2-4-7-22/h2-13,18,21,29H,14-17,19-20H2,1H3,(H,30,32). The van der Waals surface area contributed by atoms with Crippen molar-refractivity contribution in [2.45, 2.75) is 26.4 Å². The van der Waals surface area contributed by atoms with Gasteiger partial charge in [0.2, 0.25) is 5.91 Å². The Bertz CT molecular complexity index is 1090. The number of nitrogens with one attached hydrogen (secondary N) is 2. The number of hydrogen-bond acceptors (Lipinski definition) is 4. The third-order valence-corrected chi connectivity index (χ3v) is 6.02. The van der Waals surface area contributed by atoms with Crippen molar-refractivity contribution >= 4 is 23.2 Å².